The molecule has 0 aliphatic carbocycles. The van der Waals surface area contributed by atoms with Crippen molar-refractivity contribution in [2.24, 2.45) is 0 Å². The minimum Gasteiger partial charge on any atom is -0.355 e. The Labute approximate surface area is 187 Å². The van der Waals surface area contributed by atoms with Gasteiger partial charge in [0.05, 0.1) is 22.2 Å². The topological polar surface area (TPSA) is 74.6 Å². The van der Waals surface area contributed by atoms with Crippen molar-refractivity contribution in [2.45, 2.75) is 32.1 Å². The molecule has 2 unspecified atom stereocenters. The van der Waals surface area contributed by atoms with Crippen LogP contribution in [-0.2, 0) is 6.18 Å². The van der Waals surface area contributed by atoms with E-state index in [9.17, 15) is 18.0 Å². The largest absolute Gasteiger partial charge is 0.417 e. The number of hydrogen-bond acceptors (Lipinski definition) is 5. The Kier molecular flexibility index (Phi) is 4.93. The van der Waals surface area contributed by atoms with Crippen LogP contribution in [0.4, 0.5) is 19.0 Å². The van der Waals surface area contributed by atoms with Gasteiger partial charge in [0.2, 0.25) is 0 Å². The molecule has 1 saturated heterocycles. The number of aromatic nitrogens is 3. The first kappa shape index (κ1) is 21.4. The SMILES string of the molecule is CNC(=O)c1cc2c(C(F)(F)F)cc(N3CC(C)NC(C)C3)nc2n2c1nc1ccccc12. The number of amides is 1. The van der Waals surface area contributed by atoms with E-state index in [1.807, 2.05) is 18.7 Å². The van der Waals surface area contributed by atoms with E-state index in [1.54, 1.807) is 28.7 Å². The fourth-order valence-corrected chi connectivity index (χ4v) is 4.68. The van der Waals surface area contributed by atoms with Crippen LogP contribution in [0.2, 0.25) is 0 Å². The molecule has 0 spiro atoms. The maximum Gasteiger partial charge on any atom is 0.417 e. The summed E-state index contributed by atoms with van der Waals surface area (Å²) in [6.07, 6.45) is -4.63. The van der Waals surface area contributed by atoms with Crippen LogP contribution in [0.25, 0.3) is 27.7 Å². The van der Waals surface area contributed by atoms with Crippen LogP contribution in [0.15, 0.2) is 36.4 Å². The molecule has 0 saturated carbocycles. The Morgan fingerprint density at radius 1 is 1.09 bits per heavy atom. The molecule has 1 aromatic carbocycles. The monoisotopic (exact) mass is 456 g/mol. The molecular weight excluding hydrogens is 433 g/mol. The van der Waals surface area contributed by atoms with Gasteiger partial charge in [-0.05, 0) is 38.1 Å². The van der Waals surface area contributed by atoms with Gasteiger partial charge in [-0.15, -0.1) is 0 Å². The summed E-state index contributed by atoms with van der Waals surface area (Å²) in [5.41, 5.74) is 0.776. The number of hydrogen-bond donors (Lipinski definition) is 2. The maximum absolute atomic E-state index is 14.3. The number of fused-ring (bicyclic) bond motifs is 5. The summed E-state index contributed by atoms with van der Waals surface area (Å²) in [4.78, 5) is 23.7. The lowest BCUT2D eigenvalue weighted by Gasteiger charge is -2.37. The Morgan fingerprint density at radius 2 is 1.79 bits per heavy atom. The van der Waals surface area contributed by atoms with Gasteiger partial charge >= 0.3 is 6.18 Å². The summed E-state index contributed by atoms with van der Waals surface area (Å²) in [6, 6.07) is 9.64. The molecular formula is C23H23F3N6O. The third-order valence-electron chi connectivity index (χ3n) is 5.99. The number of halogens is 3. The molecule has 0 radical (unpaired) electrons. The Balaban J connectivity index is 1.91. The van der Waals surface area contributed by atoms with E-state index >= 15 is 0 Å². The van der Waals surface area contributed by atoms with Crippen molar-refractivity contribution >= 4 is 39.4 Å². The van der Waals surface area contributed by atoms with Gasteiger partial charge in [-0.2, -0.15) is 13.2 Å². The number of alkyl halides is 3. The third kappa shape index (κ3) is 3.54. The lowest BCUT2D eigenvalue weighted by molar-refractivity contribution is -0.136. The molecule has 1 aliphatic heterocycles. The van der Waals surface area contributed by atoms with E-state index in [-0.39, 0.29) is 40.1 Å². The average Bonchev–Trinajstić information content (AvgIpc) is 3.16. The molecule has 33 heavy (non-hydrogen) atoms. The highest BCUT2D eigenvalue weighted by atomic mass is 19.4. The summed E-state index contributed by atoms with van der Waals surface area (Å²) in [7, 11) is 1.43. The molecule has 4 heterocycles. The lowest BCUT2D eigenvalue weighted by atomic mass is 10.1. The lowest BCUT2D eigenvalue weighted by Crippen LogP contribution is -2.54. The van der Waals surface area contributed by atoms with Crippen LogP contribution < -0.4 is 15.5 Å². The molecule has 10 heteroatoms. The predicted octanol–water partition coefficient (Wildman–Crippen LogP) is 3.60. The van der Waals surface area contributed by atoms with E-state index in [2.05, 4.69) is 15.6 Å². The first-order chi connectivity index (χ1) is 15.7. The zero-order chi connectivity index (χ0) is 23.5. The quantitative estimate of drug-likeness (QED) is 0.482. The molecule has 1 fully saturated rings. The van der Waals surface area contributed by atoms with E-state index in [0.29, 0.717) is 24.1 Å². The van der Waals surface area contributed by atoms with Crippen molar-refractivity contribution in [1.29, 1.82) is 0 Å². The second-order valence-electron chi connectivity index (χ2n) is 8.53. The predicted molar refractivity (Wildman–Crippen MR) is 121 cm³/mol. The first-order valence-electron chi connectivity index (χ1n) is 10.7. The summed E-state index contributed by atoms with van der Waals surface area (Å²) in [5.74, 6) is -0.263. The minimum absolute atomic E-state index is 0.0608. The number of para-hydroxylation sites is 2. The van der Waals surface area contributed by atoms with Crippen molar-refractivity contribution in [2.75, 3.05) is 25.0 Å². The number of benzene rings is 1. The number of rotatable bonds is 2. The van der Waals surface area contributed by atoms with Crippen molar-refractivity contribution < 1.29 is 18.0 Å². The zero-order valence-electron chi connectivity index (χ0n) is 18.4. The molecule has 7 nitrogen and oxygen atoms in total. The highest BCUT2D eigenvalue weighted by molar-refractivity contribution is 6.06. The van der Waals surface area contributed by atoms with Crippen molar-refractivity contribution in [1.82, 2.24) is 25.0 Å². The third-order valence-corrected chi connectivity index (χ3v) is 5.99. The van der Waals surface area contributed by atoms with Crippen LogP contribution in [0, 0.1) is 0 Å². The number of anilines is 1. The second kappa shape index (κ2) is 7.58. The number of nitrogens with one attached hydrogen (secondary N) is 2. The molecule has 172 valence electrons. The van der Waals surface area contributed by atoms with Crippen LogP contribution in [0.3, 0.4) is 0 Å². The van der Waals surface area contributed by atoms with Crippen LogP contribution in [0.1, 0.15) is 29.8 Å². The summed E-state index contributed by atoms with van der Waals surface area (Å²) in [5, 5.41) is 5.75. The minimum atomic E-state index is -4.63. The number of nitrogens with zero attached hydrogens (tertiary/aromatic N) is 4. The Morgan fingerprint density at radius 3 is 2.45 bits per heavy atom. The van der Waals surface area contributed by atoms with Crippen molar-refractivity contribution in [3.8, 4) is 0 Å². The fourth-order valence-electron chi connectivity index (χ4n) is 4.68. The molecule has 4 aromatic rings. The smallest absolute Gasteiger partial charge is 0.355 e. The van der Waals surface area contributed by atoms with Gasteiger partial charge in [0, 0.05) is 37.6 Å². The van der Waals surface area contributed by atoms with E-state index in [1.165, 1.54) is 13.1 Å². The molecule has 3 aromatic heterocycles. The number of piperazine rings is 1. The number of carbonyl (C=O) groups excluding carboxylic acids is 1. The fraction of sp³-hybridized carbons (Fsp3) is 0.348. The summed E-state index contributed by atoms with van der Waals surface area (Å²) < 4.78 is 44.4. The van der Waals surface area contributed by atoms with E-state index < -0.39 is 17.6 Å². The molecule has 0 bridgehead atoms. The van der Waals surface area contributed by atoms with Crippen molar-refractivity contribution in [3.63, 3.8) is 0 Å². The normalized spacial score (nSPS) is 19.5. The van der Waals surface area contributed by atoms with Gasteiger partial charge < -0.3 is 15.5 Å². The standard InChI is InChI=1S/C23H23F3N6O/c1-12-10-31(11-13(2)28-12)19-9-16(23(24,25)26)14-8-15(22(33)27-3)21-29-17-6-4-5-7-18(17)32(21)20(14)30-19/h4-9,12-13,28H,10-11H2,1-3H3,(H,27,33). The van der Waals surface area contributed by atoms with Crippen LogP contribution in [-0.4, -0.2) is 52.5 Å². The zero-order valence-corrected chi connectivity index (χ0v) is 18.4. The van der Waals surface area contributed by atoms with Gasteiger partial charge in [-0.1, -0.05) is 12.1 Å². The molecule has 2 N–H and O–H groups in total. The molecule has 5 rings (SSSR count). The number of imidazole rings is 1. The molecule has 1 aliphatic rings. The van der Waals surface area contributed by atoms with Crippen LogP contribution in [0.5, 0.6) is 0 Å². The van der Waals surface area contributed by atoms with Gasteiger partial charge in [0.15, 0.2) is 5.65 Å². The van der Waals surface area contributed by atoms with E-state index in [0.717, 1.165) is 6.07 Å². The highest BCUT2D eigenvalue weighted by Gasteiger charge is 2.36. The second-order valence-corrected chi connectivity index (χ2v) is 8.53. The summed E-state index contributed by atoms with van der Waals surface area (Å²) >= 11 is 0. The molecule has 1 amide bonds. The Bertz CT molecular complexity index is 1390. The maximum atomic E-state index is 14.3. The summed E-state index contributed by atoms with van der Waals surface area (Å²) in [6.45, 7) is 5.05. The average molecular weight is 456 g/mol. The van der Waals surface area contributed by atoms with Gasteiger partial charge in [-0.25, -0.2) is 9.97 Å². The van der Waals surface area contributed by atoms with Gasteiger partial charge in [-0.3, -0.25) is 9.20 Å². The van der Waals surface area contributed by atoms with Crippen molar-refractivity contribution in [3.05, 3.63) is 47.5 Å². The molecule has 2 atom stereocenters. The Hall–Kier alpha value is -3.40. The van der Waals surface area contributed by atoms with Gasteiger partial charge in [0.25, 0.3) is 5.91 Å². The number of carbonyl (C=O) groups is 1. The first-order valence-corrected chi connectivity index (χ1v) is 10.7. The van der Waals surface area contributed by atoms with E-state index in [4.69, 9.17) is 4.98 Å². The highest BCUT2D eigenvalue weighted by Crippen LogP contribution is 2.38. The van der Waals surface area contributed by atoms with Gasteiger partial charge in [0.1, 0.15) is 11.5 Å². The number of pyridine rings is 2. The van der Waals surface area contributed by atoms with Crippen LogP contribution >= 0.6 is 0 Å².